The second kappa shape index (κ2) is 6.40. The molecule has 0 saturated carbocycles. The van der Waals surface area contributed by atoms with Crippen LogP contribution >= 0.6 is 11.6 Å². The summed E-state index contributed by atoms with van der Waals surface area (Å²) in [4.78, 5) is 6.90. The molecule has 1 aliphatic rings. The van der Waals surface area contributed by atoms with Crippen molar-refractivity contribution >= 4 is 22.5 Å². The van der Waals surface area contributed by atoms with Gasteiger partial charge < -0.3 is 9.47 Å². The number of likely N-dealkylation sites (N-methyl/N-ethyl adjacent to an activating group) is 1. The predicted octanol–water partition coefficient (Wildman–Crippen LogP) is 4.96. The van der Waals surface area contributed by atoms with Crippen molar-refractivity contribution in [2.75, 3.05) is 13.6 Å². The first-order valence-electron chi connectivity index (χ1n) is 9.26. The zero-order valence-corrected chi connectivity index (χ0v) is 16.8. The molecule has 0 radical (unpaired) electrons. The van der Waals surface area contributed by atoms with Crippen LogP contribution in [0.25, 0.3) is 10.9 Å². The summed E-state index contributed by atoms with van der Waals surface area (Å²) in [5.74, 6) is 0. The summed E-state index contributed by atoms with van der Waals surface area (Å²) in [5, 5.41) is 2.12. The number of aromatic nitrogens is 2. The van der Waals surface area contributed by atoms with Crippen molar-refractivity contribution in [2.45, 2.75) is 45.7 Å². The lowest BCUT2D eigenvalue weighted by molar-refractivity contribution is 0.306. The van der Waals surface area contributed by atoms with Gasteiger partial charge in [-0.2, -0.15) is 0 Å². The van der Waals surface area contributed by atoms with Gasteiger partial charge in [-0.15, -0.1) is 0 Å². The Hall–Kier alpha value is -1.84. The van der Waals surface area contributed by atoms with Crippen LogP contribution in [0.1, 0.15) is 36.4 Å². The molecule has 1 aromatic carbocycles. The van der Waals surface area contributed by atoms with E-state index in [1.807, 2.05) is 19.2 Å². The summed E-state index contributed by atoms with van der Waals surface area (Å²) < 4.78 is 2.52. The number of hydrogen-bond donors (Lipinski definition) is 0. The van der Waals surface area contributed by atoms with E-state index in [-0.39, 0.29) is 5.41 Å². The summed E-state index contributed by atoms with van der Waals surface area (Å²) in [6.07, 6.45) is 3.11. The molecule has 136 valence electrons. The molecule has 3 heterocycles. The van der Waals surface area contributed by atoms with Crippen LogP contribution in [-0.2, 0) is 24.9 Å². The number of hydrogen-bond acceptors (Lipinski definition) is 2. The maximum absolute atomic E-state index is 6.32. The molecule has 1 aliphatic heterocycles. The van der Waals surface area contributed by atoms with E-state index in [1.165, 1.54) is 27.7 Å². The molecule has 0 unspecified atom stereocenters. The fourth-order valence-electron chi connectivity index (χ4n) is 4.09. The predicted molar refractivity (Wildman–Crippen MR) is 109 cm³/mol. The lowest BCUT2D eigenvalue weighted by Gasteiger charge is -2.29. The van der Waals surface area contributed by atoms with E-state index in [0.29, 0.717) is 0 Å². The molecular formula is C22H26ClN3. The third kappa shape index (κ3) is 3.04. The number of aryl methyl sites for hydroxylation is 1. The van der Waals surface area contributed by atoms with Gasteiger partial charge in [0.1, 0.15) is 0 Å². The highest BCUT2D eigenvalue weighted by Crippen LogP contribution is 2.35. The SMILES string of the molecule is Cc1ccc(C(C)(C)Cn2c3c(c4cc(Cl)ccc42)CN(C)CC3)cn1. The Morgan fingerprint density at radius 2 is 2.00 bits per heavy atom. The second-order valence-electron chi connectivity index (χ2n) is 8.23. The van der Waals surface area contributed by atoms with Gasteiger partial charge in [-0.25, -0.2) is 0 Å². The van der Waals surface area contributed by atoms with Crippen molar-refractivity contribution < 1.29 is 0 Å². The van der Waals surface area contributed by atoms with Gasteiger partial charge in [0.25, 0.3) is 0 Å². The molecule has 0 aliphatic carbocycles. The first-order valence-corrected chi connectivity index (χ1v) is 9.64. The summed E-state index contributed by atoms with van der Waals surface area (Å²) in [5.41, 5.74) is 6.54. The first kappa shape index (κ1) is 17.6. The van der Waals surface area contributed by atoms with Crippen LogP contribution in [0.3, 0.4) is 0 Å². The maximum atomic E-state index is 6.32. The molecule has 0 saturated heterocycles. The standard InChI is InChI=1S/C22H26ClN3/c1-15-5-6-16(12-24-15)22(2,3)14-26-20-8-7-17(23)11-18(20)19-13-25(4)10-9-21(19)26/h5-8,11-12H,9-10,13-14H2,1-4H3. The molecule has 26 heavy (non-hydrogen) atoms. The normalized spacial score (nSPS) is 15.4. The Labute approximate surface area is 160 Å². The molecule has 4 heteroatoms. The van der Waals surface area contributed by atoms with Crippen LogP contribution in [0, 0.1) is 6.92 Å². The van der Waals surface area contributed by atoms with E-state index in [4.69, 9.17) is 11.6 Å². The van der Waals surface area contributed by atoms with E-state index in [0.717, 1.165) is 36.8 Å². The summed E-state index contributed by atoms with van der Waals surface area (Å²) in [6.45, 7) is 9.68. The highest BCUT2D eigenvalue weighted by molar-refractivity contribution is 6.31. The molecule has 0 bridgehead atoms. The number of fused-ring (bicyclic) bond motifs is 3. The number of benzene rings is 1. The average Bonchev–Trinajstić information content (AvgIpc) is 2.87. The van der Waals surface area contributed by atoms with E-state index >= 15 is 0 Å². The fraction of sp³-hybridized carbons (Fsp3) is 0.409. The van der Waals surface area contributed by atoms with Crippen molar-refractivity contribution in [1.29, 1.82) is 0 Å². The van der Waals surface area contributed by atoms with Crippen LogP contribution in [0.4, 0.5) is 0 Å². The summed E-state index contributed by atoms with van der Waals surface area (Å²) in [7, 11) is 2.19. The molecule has 0 spiro atoms. The van der Waals surface area contributed by atoms with Crippen molar-refractivity contribution in [2.24, 2.45) is 0 Å². The number of nitrogens with zero attached hydrogens (tertiary/aromatic N) is 3. The van der Waals surface area contributed by atoms with Gasteiger partial charge >= 0.3 is 0 Å². The summed E-state index contributed by atoms with van der Waals surface area (Å²) in [6, 6.07) is 10.6. The second-order valence-corrected chi connectivity index (χ2v) is 8.67. The van der Waals surface area contributed by atoms with E-state index in [1.54, 1.807) is 0 Å². The van der Waals surface area contributed by atoms with Crippen LogP contribution < -0.4 is 0 Å². The van der Waals surface area contributed by atoms with Gasteiger partial charge in [-0.05, 0) is 49.4 Å². The Morgan fingerprint density at radius 3 is 2.73 bits per heavy atom. The number of pyridine rings is 1. The maximum Gasteiger partial charge on any atom is 0.0487 e. The molecule has 0 N–H and O–H groups in total. The molecule has 2 aromatic heterocycles. The van der Waals surface area contributed by atoms with Crippen LogP contribution in [0.15, 0.2) is 36.5 Å². The van der Waals surface area contributed by atoms with E-state index < -0.39 is 0 Å². The molecular weight excluding hydrogens is 342 g/mol. The monoisotopic (exact) mass is 367 g/mol. The Kier molecular flexibility index (Phi) is 4.32. The highest BCUT2D eigenvalue weighted by Gasteiger charge is 2.28. The molecule has 4 rings (SSSR count). The van der Waals surface area contributed by atoms with E-state index in [9.17, 15) is 0 Å². The smallest absolute Gasteiger partial charge is 0.0487 e. The highest BCUT2D eigenvalue weighted by atomic mass is 35.5. The van der Waals surface area contributed by atoms with Crippen molar-refractivity contribution in [3.05, 3.63) is 64.1 Å². The third-order valence-corrected chi connectivity index (χ3v) is 5.89. The van der Waals surface area contributed by atoms with Crippen LogP contribution in [0.2, 0.25) is 5.02 Å². The zero-order chi connectivity index (χ0) is 18.5. The van der Waals surface area contributed by atoms with Gasteiger partial charge in [0, 0.05) is 65.0 Å². The van der Waals surface area contributed by atoms with Crippen molar-refractivity contribution in [3.8, 4) is 0 Å². The van der Waals surface area contributed by atoms with Gasteiger partial charge in [0.2, 0.25) is 0 Å². The average molecular weight is 368 g/mol. The van der Waals surface area contributed by atoms with Crippen molar-refractivity contribution in [3.63, 3.8) is 0 Å². The quantitative estimate of drug-likeness (QED) is 0.652. The molecule has 3 aromatic rings. The third-order valence-electron chi connectivity index (χ3n) is 5.65. The van der Waals surface area contributed by atoms with Gasteiger partial charge in [-0.1, -0.05) is 31.5 Å². The fourth-order valence-corrected chi connectivity index (χ4v) is 4.26. The first-order chi connectivity index (χ1) is 12.3. The largest absolute Gasteiger partial charge is 0.343 e. The zero-order valence-electron chi connectivity index (χ0n) is 16.0. The minimum Gasteiger partial charge on any atom is -0.343 e. The van der Waals surface area contributed by atoms with Crippen molar-refractivity contribution in [1.82, 2.24) is 14.5 Å². The Balaban J connectivity index is 1.82. The number of halogens is 1. The Bertz CT molecular complexity index is 954. The van der Waals surface area contributed by atoms with E-state index in [2.05, 4.69) is 59.6 Å². The van der Waals surface area contributed by atoms with Crippen LogP contribution in [-0.4, -0.2) is 28.0 Å². The minimum atomic E-state index is 0.00338. The molecule has 0 fully saturated rings. The lowest BCUT2D eigenvalue weighted by atomic mass is 9.85. The topological polar surface area (TPSA) is 21.1 Å². The Morgan fingerprint density at radius 1 is 1.19 bits per heavy atom. The van der Waals surface area contributed by atoms with Gasteiger partial charge in [0.15, 0.2) is 0 Å². The minimum absolute atomic E-state index is 0.00338. The van der Waals surface area contributed by atoms with Gasteiger partial charge in [0.05, 0.1) is 0 Å². The molecule has 3 nitrogen and oxygen atoms in total. The van der Waals surface area contributed by atoms with Crippen LogP contribution in [0.5, 0.6) is 0 Å². The molecule has 0 atom stereocenters. The number of rotatable bonds is 3. The van der Waals surface area contributed by atoms with Gasteiger partial charge in [-0.3, -0.25) is 4.98 Å². The molecule has 0 amide bonds. The summed E-state index contributed by atoms with van der Waals surface area (Å²) >= 11 is 6.32. The lowest BCUT2D eigenvalue weighted by Crippen LogP contribution is -2.30.